The first-order valence-electron chi connectivity index (χ1n) is 9.36. The number of quaternary nitrogens is 2. The van der Waals surface area contributed by atoms with Gasteiger partial charge in [0.25, 0.3) is 5.91 Å². The minimum atomic E-state index is -0.469. The summed E-state index contributed by atoms with van der Waals surface area (Å²) in [4.78, 5) is 26.8. The molecule has 138 valence electrons. The van der Waals surface area contributed by atoms with Crippen molar-refractivity contribution in [2.24, 2.45) is 0 Å². The fourth-order valence-electron chi connectivity index (χ4n) is 3.18. The van der Waals surface area contributed by atoms with Gasteiger partial charge in [0.05, 0.1) is 0 Å². The van der Waals surface area contributed by atoms with Gasteiger partial charge < -0.3 is 20.4 Å². The smallest absolute Gasteiger partial charge is 0.275 e. The van der Waals surface area contributed by atoms with E-state index in [4.69, 9.17) is 0 Å². The van der Waals surface area contributed by atoms with Crippen molar-refractivity contribution in [1.82, 2.24) is 10.6 Å². The zero-order chi connectivity index (χ0) is 18.1. The maximum Gasteiger partial charge on any atom is 0.275 e. The Morgan fingerprint density at radius 1 is 1.08 bits per heavy atom. The average Bonchev–Trinajstić information content (AvgIpc) is 2.62. The van der Waals surface area contributed by atoms with E-state index in [1.807, 2.05) is 13.0 Å². The highest BCUT2D eigenvalue weighted by molar-refractivity contribution is 5.87. The van der Waals surface area contributed by atoms with Crippen molar-refractivity contribution in [1.29, 1.82) is 0 Å². The van der Waals surface area contributed by atoms with E-state index < -0.39 is 6.04 Å². The topological polar surface area (TPSA) is 67.1 Å². The normalized spacial score (nSPS) is 21.4. The Labute approximate surface area is 150 Å². The Hall–Kier alpha value is -1.92. The average molecular weight is 348 g/mol. The number of rotatable bonds is 8. The number of piperazine rings is 1. The van der Waals surface area contributed by atoms with E-state index in [-0.39, 0.29) is 11.8 Å². The molecule has 0 unspecified atom stereocenters. The van der Waals surface area contributed by atoms with Gasteiger partial charge in [-0.15, -0.1) is 0 Å². The molecule has 2 rings (SSSR count). The lowest BCUT2D eigenvalue weighted by Gasteiger charge is -2.29. The van der Waals surface area contributed by atoms with Crippen LogP contribution in [0.25, 0.3) is 0 Å². The number of hydrogen-bond donors (Lipinski definition) is 4. The van der Waals surface area contributed by atoms with Crippen LogP contribution >= 0.6 is 0 Å². The number of amides is 2. The Morgan fingerprint density at radius 3 is 2.36 bits per heavy atom. The first-order valence-corrected chi connectivity index (χ1v) is 9.36. The minimum Gasteiger partial charge on any atom is -0.354 e. The van der Waals surface area contributed by atoms with Gasteiger partial charge in [0.2, 0.25) is 5.91 Å². The van der Waals surface area contributed by atoms with Crippen molar-refractivity contribution in [3.8, 4) is 0 Å². The van der Waals surface area contributed by atoms with Crippen LogP contribution in [0, 0.1) is 0 Å². The quantitative estimate of drug-likeness (QED) is 0.439. The molecule has 1 aliphatic heterocycles. The van der Waals surface area contributed by atoms with Crippen molar-refractivity contribution >= 4 is 11.8 Å². The predicted octanol–water partition coefficient (Wildman–Crippen LogP) is -2.00. The summed E-state index contributed by atoms with van der Waals surface area (Å²) in [5, 5.41) is 5.61. The molecule has 1 aromatic rings. The Bertz CT molecular complexity index is 542. The van der Waals surface area contributed by atoms with Gasteiger partial charge >= 0.3 is 0 Å². The molecule has 2 amide bonds. The summed E-state index contributed by atoms with van der Waals surface area (Å²) in [7, 11) is 0. The van der Waals surface area contributed by atoms with Gasteiger partial charge in [-0.25, -0.2) is 0 Å². The fourth-order valence-corrected chi connectivity index (χ4v) is 3.18. The van der Waals surface area contributed by atoms with Gasteiger partial charge in [-0.2, -0.15) is 0 Å². The van der Waals surface area contributed by atoms with Crippen LogP contribution in [0.3, 0.4) is 0 Å². The Kier molecular flexibility index (Phi) is 7.88. The second kappa shape index (κ2) is 10.2. The van der Waals surface area contributed by atoms with Crippen LogP contribution in [0.5, 0.6) is 0 Å². The number of hydrogen-bond acceptors (Lipinski definition) is 2. The number of nitrogens with one attached hydrogen (secondary N) is 4. The summed E-state index contributed by atoms with van der Waals surface area (Å²) >= 11 is 0. The zero-order valence-corrected chi connectivity index (χ0v) is 15.4. The monoisotopic (exact) mass is 348 g/mol. The molecule has 0 spiro atoms. The van der Waals surface area contributed by atoms with Gasteiger partial charge in [0, 0.05) is 12.1 Å². The summed E-state index contributed by atoms with van der Waals surface area (Å²) in [5.41, 5.74) is 1.37. The van der Waals surface area contributed by atoms with Gasteiger partial charge in [0.15, 0.2) is 6.54 Å². The van der Waals surface area contributed by atoms with Crippen LogP contribution in [-0.4, -0.2) is 57.1 Å². The van der Waals surface area contributed by atoms with E-state index in [0.29, 0.717) is 13.1 Å². The Balaban J connectivity index is 1.67. The number of carbonyl (C=O) groups excluding carboxylic acids is 2. The molecule has 1 saturated heterocycles. The predicted molar refractivity (Wildman–Crippen MR) is 97.3 cm³/mol. The lowest BCUT2D eigenvalue weighted by atomic mass is 10.2. The van der Waals surface area contributed by atoms with Gasteiger partial charge in [0.1, 0.15) is 38.8 Å². The maximum atomic E-state index is 12.2. The Morgan fingerprint density at radius 2 is 1.72 bits per heavy atom. The van der Waals surface area contributed by atoms with Crippen LogP contribution in [0.1, 0.15) is 25.8 Å². The molecule has 1 aromatic carbocycles. The summed E-state index contributed by atoms with van der Waals surface area (Å²) in [5.74, 6) is -0.150. The molecule has 4 N–H and O–H groups in total. The summed E-state index contributed by atoms with van der Waals surface area (Å²) in [6.07, 6.45) is 0.895. The molecule has 0 bridgehead atoms. The van der Waals surface area contributed by atoms with E-state index in [1.165, 1.54) is 10.5 Å². The molecule has 1 aliphatic rings. The highest BCUT2D eigenvalue weighted by atomic mass is 16.2. The van der Waals surface area contributed by atoms with Crippen LogP contribution in [0.15, 0.2) is 30.3 Å². The van der Waals surface area contributed by atoms with E-state index in [0.717, 1.165) is 39.1 Å². The van der Waals surface area contributed by atoms with Crippen molar-refractivity contribution in [3.63, 3.8) is 0 Å². The molecule has 6 nitrogen and oxygen atoms in total. The number of carbonyl (C=O) groups is 2. The van der Waals surface area contributed by atoms with Crippen molar-refractivity contribution in [3.05, 3.63) is 35.9 Å². The zero-order valence-electron chi connectivity index (χ0n) is 15.4. The van der Waals surface area contributed by atoms with Crippen molar-refractivity contribution in [2.45, 2.75) is 32.9 Å². The van der Waals surface area contributed by atoms with E-state index >= 15 is 0 Å². The standard InChI is InChI=1S/C19H30N4O2/c1-3-9-20-19(25)16(2)21-18(24)15-23-12-10-22(11-13-23)14-17-7-5-4-6-8-17/h4-8,16H,3,9-15H2,1-2H3,(H,20,25)(H,21,24)/p+2/t16-/m0/s1. The van der Waals surface area contributed by atoms with E-state index in [1.54, 1.807) is 11.8 Å². The SMILES string of the molecule is CCCNC(=O)[C@H](C)NC(=O)C[NH+]1CC[NH+](Cc2ccccc2)CC1. The van der Waals surface area contributed by atoms with E-state index in [2.05, 4.69) is 34.9 Å². The lowest BCUT2D eigenvalue weighted by molar-refractivity contribution is -1.02. The van der Waals surface area contributed by atoms with Crippen molar-refractivity contribution in [2.75, 3.05) is 39.3 Å². The fraction of sp³-hybridized carbons (Fsp3) is 0.579. The van der Waals surface area contributed by atoms with E-state index in [9.17, 15) is 9.59 Å². The molecule has 0 aliphatic carbocycles. The molecular weight excluding hydrogens is 316 g/mol. The molecule has 1 fully saturated rings. The first kappa shape index (κ1) is 19.4. The maximum absolute atomic E-state index is 12.2. The molecule has 6 heteroatoms. The molecule has 0 radical (unpaired) electrons. The third-order valence-corrected chi connectivity index (χ3v) is 4.69. The molecule has 0 saturated carbocycles. The van der Waals surface area contributed by atoms with Crippen LogP contribution in [0.4, 0.5) is 0 Å². The van der Waals surface area contributed by atoms with Gasteiger partial charge in [-0.05, 0) is 13.3 Å². The second-order valence-corrected chi connectivity index (χ2v) is 6.92. The van der Waals surface area contributed by atoms with Gasteiger partial charge in [-0.1, -0.05) is 37.3 Å². The van der Waals surface area contributed by atoms with Crippen LogP contribution in [0.2, 0.25) is 0 Å². The summed E-state index contributed by atoms with van der Waals surface area (Å²) in [6.45, 7) is 10.0. The summed E-state index contributed by atoms with van der Waals surface area (Å²) < 4.78 is 0. The third kappa shape index (κ3) is 6.84. The third-order valence-electron chi connectivity index (χ3n) is 4.69. The molecule has 1 atom stereocenters. The van der Waals surface area contributed by atoms with Gasteiger partial charge in [-0.3, -0.25) is 9.59 Å². The van der Waals surface area contributed by atoms with Crippen molar-refractivity contribution < 1.29 is 19.4 Å². The lowest BCUT2D eigenvalue weighted by Crippen LogP contribution is -3.28. The molecular formula is C19H32N4O2+2. The molecule has 0 aromatic heterocycles. The summed E-state index contributed by atoms with van der Waals surface area (Å²) in [6, 6.07) is 10.1. The highest BCUT2D eigenvalue weighted by Crippen LogP contribution is 1.95. The number of benzene rings is 1. The van der Waals surface area contributed by atoms with Crippen LogP contribution in [-0.2, 0) is 16.1 Å². The molecule has 25 heavy (non-hydrogen) atoms. The molecule has 1 heterocycles. The minimum absolute atomic E-state index is 0.0411. The first-order chi connectivity index (χ1) is 12.1. The highest BCUT2D eigenvalue weighted by Gasteiger charge is 2.25. The largest absolute Gasteiger partial charge is 0.354 e. The van der Waals surface area contributed by atoms with Crippen LogP contribution < -0.4 is 20.4 Å². The second-order valence-electron chi connectivity index (χ2n) is 6.92.